The van der Waals surface area contributed by atoms with Crippen LogP contribution < -0.4 is 5.32 Å². The van der Waals surface area contributed by atoms with Crippen LogP contribution in [-0.4, -0.2) is 77.2 Å². The van der Waals surface area contributed by atoms with E-state index in [0.29, 0.717) is 5.02 Å². The number of nitrogens with one attached hydrogen (secondary N) is 1. The molecular formula is C18H23ClN2O7. The molecule has 0 radical (unpaired) electrons. The lowest BCUT2D eigenvalue weighted by Crippen LogP contribution is -2.57. The van der Waals surface area contributed by atoms with Crippen LogP contribution in [0.15, 0.2) is 29.3 Å². The lowest BCUT2D eigenvalue weighted by atomic mass is 10.0. The Morgan fingerprint density at radius 3 is 2.61 bits per heavy atom. The number of nitrogens with zero attached hydrogens (tertiary/aromatic N) is 1. The summed E-state index contributed by atoms with van der Waals surface area (Å²) < 4.78 is 10.6. The summed E-state index contributed by atoms with van der Waals surface area (Å²) in [6.07, 6.45) is -4.29. The molecule has 1 aliphatic heterocycles. The van der Waals surface area contributed by atoms with E-state index in [1.807, 2.05) is 0 Å². The number of hydrogen-bond donors (Lipinski definition) is 4. The molecule has 2 rings (SSSR count). The number of rotatable bonds is 8. The zero-order valence-corrected chi connectivity index (χ0v) is 16.0. The van der Waals surface area contributed by atoms with Gasteiger partial charge in [0.15, 0.2) is 6.29 Å². The van der Waals surface area contributed by atoms with Gasteiger partial charge in [-0.15, -0.1) is 0 Å². The Kier molecular flexibility index (Phi) is 8.53. The zero-order chi connectivity index (χ0) is 20.7. The third-order valence-electron chi connectivity index (χ3n) is 4.35. The number of aliphatic imine (C=N–C) groups is 1. The van der Waals surface area contributed by atoms with E-state index in [-0.39, 0.29) is 19.6 Å². The fourth-order valence-electron chi connectivity index (χ4n) is 2.72. The fourth-order valence-corrected chi connectivity index (χ4v) is 2.85. The summed E-state index contributed by atoms with van der Waals surface area (Å²) in [5.74, 6) is -0.490. The molecule has 28 heavy (non-hydrogen) atoms. The first-order valence-corrected chi connectivity index (χ1v) is 9.11. The molecule has 0 aliphatic carbocycles. The van der Waals surface area contributed by atoms with Crippen LogP contribution in [0.1, 0.15) is 12.5 Å². The van der Waals surface area contributed by atoms with Gasteiger partial charge in [0, 0.05) is 18.0 Å². The molecule has 4 N–H and O–H groups in total. The monoisotopic (exact) mass is 414 g/mol. The molecule has 1 heterocycles. The van der Waals surface area contributed by atoms with Crippen molar-refractivity contribution in [1.82, 2.24) is 5.32 Å². The standard InChI is InChI=1S/C18H23ClN2O7/c1-10-14(23)15(24)16(25)18(28-10)27-7-6-20-17(26)13(21-9-22)8-11-2-4-12(19)5-3-11/h2-5,10,13-16,18,23-25H,6-8H2,1H3,(H,20,26)/t10-,13?,14+,15+,16-,18+/m0/s1. The molecule has 9 nitrogen and oxygen atoms in total. The number of amides is 1. The number of ether oxygens (including phenoxy) is 2. The third kappa shape index (κ3) is 6.08. The third-order valence-corrected chi connectivity index (χ3v) is 4.60. The smallest absolute Gasteiger partial charge is 0.246 e. The van der Waals surface area contributed by atoms with Crippen molar-refractivity contribution in [3.63, 3.8) is 0 Å². The Labute approximate surface area is 166 Å². The van der Waals surface area contributed by atoms with Gasteiger partial charge >= 0.3 is 0 Å². The fraction of sp³-hybridized carbons (Fsp3) is 0.556. The van der Waals surface area contributed by atoms with Crippen molar-refractivity contribution < 1.29 is 34.4 Å². The van der Waals surface area contributed by atoms with E-state index in [4.69, 9.17) is 21.1 Å². The van der Waals surface area contributed by atoms with Gasteiger partial charge in [-0.3, -0.25) is 4.79 Å². The van der Waals surface area contributed by atoms with Gasteiger partial charge in [0.2, 0.25) is 12.0 Å². The van der Waals surface area contributed by atoms with Crippen LogP contribution in [0.4, 0.5) is 0 Å². The van der Waals surface area contributed by atoms with Crippen molar-refractivity contribution in [3.8, 4) is 0 Å². The van der Waals surface area contributed by atoms with Gasteiger partial charge in [-0.1, -0.05) is 23.7 Å². The van der Waals surface area contributed by atoms with E-state index in [1.54, 1.807) is 24.3 Å². The maximum Gasteiger partial charge on any atom is 0.246 e. The molecule has 1 aliphatic rings. The highest BCUT2D eigenvalue weighted by Crippen LogP contribution is 2.21. The second-order valence-electron chi connectivity index (χ2n) is 6.41. The molecule has 1 aromatic carbocycles. The molecule has 10 heteroatoms. The van der Waals surface area contributed by atoms with Crippen molar-refractivity contribution in [1.29, 1.82) is 0 Å². The van der Waals surface area contributed by atoms with E-state index in [1.165, 1.54) is 13.0 Å². The van der Waals surface area contributed by atoms with Crippen LogP contribution in [0.25, 0.3) is 0 Å². The number of benzene rings is 1. The van der Waals surface area contributed by atoms with Crippen LogP contribution >= 0.6 is 11.6 Å². The summed E-state index contributed by atoms with van der Waals surface area (Å²) in [5.41, 5.74) is 0.778. The zero-order valence-electron chi connectivity index (χ0n) is 15.2. The van der Waals surface area contributed by atoms with Crippen molar-refractivity contribution in [2.45, 2.75) is 50.1 Å². The molecule has 1 amide bonds. The number of aliphatic hydroxyl groups excluding tert-OH is 3. The topological polar surface area (TPSA) is 138 Å². The second-order valence-corrected chi connectivity index (χ2v) is 6.85. The Bertz CT molecular complexity index is 696. The molecule has 1 saturated heterocycles. The molecule has 0 saturated carbocycles. The number of hydrogen-bond acceptors (Lipinski definition) is 8. The van der Waals surface area contributed by atoms with Crippen molar-refractivity contribution in [2.75, 3.05) is 13.2 Å². The van der Waals surface area contributed by atoms with Crippen LogP contribution in [0.5, 0.6) is 0 Å². The Hall–Kier alpha value is -1.84. The number of aliphatic hydroxyl groups is 3. The minimum Gasteiger partial charge on any atom is -0.388 e. The van der Waals surface area contributed by atoms with Gasteiger partial charge in [0.1, 0.15) is 24.4 Å². The van der Waals surface area contributed by atoms with Crippen LogP contribution in [0, 0.1) is 0 Å². The molecule has 1 aromatic rings. The number of carbonyl (C=O) groups is 1. The van der Waals surface area contributed by atoms with E-state index in [2.05, 4.69) is 10.3 Å². The predicted octanol–water partition coefficient (Wildman–Crippen LogP) is -0.453. The SMILES string of the molecule is C[C@@H]1O[C@@H](OCCNC(=O)C(Cc2ccc(Cl)cc2)N=C=O)[C@@H](O)[C@H](O)[C@@H]1O. The first kappa shape index (κ1) is 22.4. The van der Waals surface area contributed by atoms with E-state index in [0.717, 1.165) is 5.56 Å². The number of carbonyl (C=O) groups excluding carboxylic acids is 2. The summed E-state index contributed by atoms with van der Waals surface area (Å²) in [7, 11) is 0. The molecule has 6 atom stereocenters. The molecule has 1 fully saturated rings. The maximum atomic E-state index is 12.2. The first-order valence-electron chi connectivity index (χ1n) is 8.74. The van der Waals surface area contributed by atoms with E-state index < -0.39 is 42.7 Å². The van der Waals surface area contributed by atoms with E-state index in [9.17, 15) is 24.9 Å². The summed E-state index contributed by atoms with van der Waals surface area (Å²) >= 11 is 5.82. The van der Waals surface area contributed by atoms with Gasteiger partial charge in [0.25, 0.3) is 0 Å². The van der Waals surface area contributed by atoms with Crippen molar-refractivity contribution >= 4 is 23.6 Å². The molecule has 154 valence electrons. The second kappa shape index (κ2) is 10.6. The van der Waals surface area contributed by atoms with Gasteiger partial charge < -0.3 is 30.1 Å². The highest BCUT2D eigenvalue weighted by molar-refractivity contribution is 6.30. The largest absolute Gasteiger partial charge is 0.388 e. The van der Waals surface area contributed by atoms with Crippen molar-refractivity contribution in [2.24, 2.45) is 4.99 Å². The lowest BCUT2D eigenvalue weighted by Gasteiger charge is -2.38. The van der Waals surface area contributed by atoms with Gasteiger partial charge in [-0.2, -0.15) is 4.99 Å². The summed E-state index contributed by atoms with van der Waals surface area (Å²) in [6, 6.07) is 5.86. The normalized spacial score (nSPS) is 28.2. The van der Waals surface area contributed by atoms with Crippen LogP contribution in [-0.2, 0) is 25.5 Å². The minimum atomic E-state index is -1.42. The first-order chi connectivity index (χ1) is 13.3. The number of isocyanates is 1. The molecule has 0 aromatic heterocycles. The average molecular weight is 415 g/mol. The van der Waals surface area contributed by atoms with Gasteiger partial charge in [-0.25, -0.2) is 4.79 Å². The maximum absolute atomic E-state index is 12.2. The Balaban J connectivity index is 1.81. The highest BCUT2D eigenvalue weighted by atomic mass is 35.5. The Morgan fingerprint density at radius 1 is 1.29 bits per heavy atom. The van der Waals surface area contributed by atoms with Gasteiger partial charge in [-0.05, 0) is 24.6 Å². The highest BCUT2D eigenvalue weighted by Gasteiger charge is 2.42. The van der Waals surface area contributed by atoms with Crippen LogP contribution in [0.2, 0.25) is 5.02 Å². The average Bonchev–Trinajstić information content (AvgIpc) is 2.68. The number of halogens is 1. The van der Waals surface area contributed by atoms with Gasteiger partial charge in [0.05, 0.1) is 12.7 Å². The molecular weight excluding hydrogens is 392 g/mol. The molecule has 0 spiro atoms. The Morgan fingerprint density at radius 2 is 1.96 bits per heavy atom. The van der Waals surface area contributed by atoms with Crippen molar-refractivity contribution in [3.05, 3.63) is 34.9 Å². The lowest BCUT2D eigenvalue weighted by molar-refractivity contribution is -0.292. The summed E-state index contributed by atoms with van der Waals surface area (Å²) in [5, 5.41) is 32.4. The molecule has 0 bridgehead atoms. The quantitative estimate of drug-likeness (QED) is 0.257. The van der Waals surface area contributed by atoms with Crippen LogP contribution in [0.3, 0.4) is 0 Å². The predicted molar refractivity (Wildman–Crippen MR) is 98.4 cm³/mol. The minimum absolute atomic E-state index is 0.0263. The summed E-state index contributed by atoms with van der Waals surface area (Å²) in [6.45, 7) is 1.57. The molecule has 1 unspecified atom stereocenters. The summed E-state index contributed by atoms with van der Waals surface area (Å²) in [4.78, 5) is 26.4. The van der Waals surface area contributed by atoms with E-state index >= 15 is 0 Å².